The molecule has 0 fully saturated rings. The van der Waals surface area contributed by atoms with E-state index in [1.807, 2.05) is 20.8 Å². The van der Waals surface area contributed by atoms with Crippen molar-refractivity contribution in [3.05, 3.63) is 33.8 Å². The van der Waals surface area contributed by atoms with Crippen molar-refractivity contribution in [2.24, 2.45) is 0 Å². The summed E-state index contributed by atoms with van der Waals surface area (Å²) in [5.74, 6) is 0.0219. The van der Waals surface area contributed by atoms with E-state index in [9.17, 15) is 4.79 Å². The van der Waals surface area contributed by atoms with Crippen molar-refractivity contribution < 1.29 is 4.79 Å². The second-order valence-electron chi connectivity index (χ2n) is 5.49. The van der Waals surface area contributed by atoms with Gasteiger partial charge in [-0.2, -0.15) is 0 Å². The van der Waals surface area contributed by atoms with E-state index in [1.54, 1.807) is 0 Å². The highest BCUT2D eigenvalue weighted by molar-refractivity contribution is 9.10. The van der Waals surface area contributed by atoms with E-state index in [1.165, 1.54) is 5.56 Å². The molecule has 0 aliphatic heterocycles. The lowest BCUT2D eigenvalue weighted by molar-refractivity contribution is -0.121. The highest BCUT2D eigenvalue weighted by Crippen LogP contribution is 2.17. The Bertz CT molecular complexity index is 424. The Morgan fingerprint density at radius 1 is 1.33 bits per heavy atom. The van der Waals surface area contributed by atoms with Crippen molar-refractivity contribution in [3.63, 3.8) is 0 Å². The van der Waals surface area contributed by atoms with E-state index in [0.717, 1.165) is 10.0 Å². The van der Waals surface area contributed by atoms with Gasteiger partial charge in [-0.3, -0.25) is 4.79 Å². The van der Waals surface area contributed by atoms with Crippen molar-refractivity contribution in [1.82, 2.24) is 10.6 Å². The van der Waals surface area contributed by atoms with E-state index < -0.39 is 0 Å². The van der Waals surface area contributed by atoms with Gasteiger partial charge in [-0.05, 0) is 44.9 Å². The van der Waals surface area contributed by atoms with Gasteiger partial charge in [0, 0.05) is 16.6 Å². The molecule has 0 heterocycles. The molecule has 0 aromatic heterocycles. The topological polar surface area (TPSA) is 41.1 Å². The molecule has 0 radical (unpaired) electrons. The van der Waals surface area contributed by atoms with Gasteiger partial charge in [-0.15, -0.1) is 0 Å². The number of amides is 1. The average molecular weight is 313 g/mol. The monoisotopic (exact) mass is 312 g/mol. The molecule has 0 bridgehead atoms. The summed E-state index contributed by atoms with van der Waals surface area (Å²) >= 11 is 3.50. The highest BCUT2D eigenvalue weighted by atomic mass is 79.9. The smallest absolute Gasteiger partial charge is 0.234 e. The third-order valence-corrected chi connectivity index (χ3v) is 3.22. The summed E-state index contributed by atoms with van der Waals surface area (Å²) in [4.78, 5) is 11.6. The first-order valence-electron chi connectivity index (χ1n) is 6.05. The molecule has 4 heteroatoms. The molecular weight excluding hydrogens is 292 g/mol. The highest BCUT2D eigenvalue weighted by Gasteiger charge is 2.12. The van der Waals surface area contributed by atoms with Crippen LogP contribution in [-0.2, 0) is 11.3 Å². The Balaban J connectivity index is 2.38. The first-order valence-corrected chi connectivity index (χ1v) is 6.84. The van der Waals surface area contributed by atoms with Gasteiger partial charge >= 0.3 is 0 Å². The molecule has 0 unspecified atom stereocenters. The maximum atomic E-state index is 11.6. The fourth-order valence-corrected chi connectivity index (χ4v) is 1.96. The zero-order valence-corrected chi connectivity index (χ0v) is 13.0. The van der Waals surface area contributed by atoms with E-state index in [4.69, 9.17) is 0 Å². The molecule has 0 aliphatic carbocycles. The number of benzene rings is 1. The number of hydrogen-bond acceptors (Lipinski definition) is 2. The minimum Gasteiger partial charge on any atom is -0.350 e. The first kappa shape index (κ1) is 15.2. The van der Waals surface area contributed by atoms with Crippen LogP contribution in [0.4, 0.5) is 0 Å². The Morgan fingerprint density at radius 3 is 2.56 bits per heavy atom. The van der Waals surface area contributed by atoms with Crippen LogP contribution in [0.25, 0.3) is 0 Å². The minimum atomic E-state index is -0.175. The van der Waals surface area contributed by atoms with Crippen LogP contribution >= 0.6 is 15.9 Å². The van der Waals surface area contributed by atoms with Gasteiger partial charge in [0.15, 0.2) is 0 Å². The van der Waals surface area contributed by atoms with Crippen molar-refractivity contribution in [3.8, 4) is 0 Å². The van der Waals surface area contributed by atoms with Gasteiger partial charge in [-0.25, -0.2) is 0 Å². The van der Waals surface area contributed by atoms with Gasteiger partial charge in [0.05, 0.1) is 6.54 Å². The summed E-state index contributed by atoms with van der Waals surface area (Å²) in [6.07, 6.45) is 0. The summed E-state index contributed by atoms with van der Waals surface area (Å²) in [6.45, 7) is 9.00. The molecule has 1 aromatic rings. The van der Waals surface area contributed by atoms with Crippen molar-refractivity contribution in [1.29, 1.82) is 0 Å². The molecule has 2 N–H and O–H groups in total. The molecule has 18 heavy (non-hydrogen) atoms. The van der Waals surface area contributed by atoms with Crippen LogP contribution in [0.15, 0.2) is 22.7 Å². The number of carbonyl (C=O) groups is 1. The molecule has 0 atom stereocenters. The Kier molecular flexibility index (Phi) is 5.35. The Hall–Kier alpha value is -0.870. The van der Waals surface area contributed by atoms with E-state index in [2.05, 4.69) is 51.7 Å². The predicted octanol–water partition coefficient (Wildman–Crippen LogP) is 2.76. The molecule has 0 saturated carbocycles. The van der Waals surface area contributed by atoms with Crippen LogP contribution in [0.2, 0.25) is 0 Å². The summed E-state index contributed by atoms with van der Waals surface area (Å²) in [6, 6.07) is 6.20. The second-order valence-corrected chi connectivity index (χ2v) is 6.34. The quantitative estimate of drug-likeness (QED) is 0.897. The largest absolute Gasteiger partial charge is 0.350 e. The number of halogens is 1. The normalized spacial score (nSPS) is 11.4. The molecule has 100 valence electrons. The summed E-state index contributed by atoms with van der Waals surface area (Å²) in [5, 5.41) is 6.05. The van der Waals surface area contributed by atoms with Crippen molar-refractivity contribution in [2.75, 3.05) is 6.54 Å². The standard InChI is InChI=1S/C14H21BrN2O/c1-10-5-6-11(7-12(10)15)8-16-9-13(18)17-14(2,3)4/h5-7,16H,8-9H2,1-4H3,(H,17,18). The van der Waals surface area contributed by atoms with Crippen LogP contribution in [0, 0.1) is 6.92 Å². The summed E-state index contributed by atoms with van der Waals surface area (Å²) < 4.78 is 1.10. The number of hydrogen-bond donors (Lipinski definition) is 2. The fourth-order valence-electron chi connectivity index (χ4n) is 1.53. The third-order valence-electron chi connectivity index (χ3n) is 2.37. The van der Waals surface area contributed by atoms with Crippen LogP contribution in [-0.4, -0.2) is 18.0 Å². The number of rotatable bonds is 4. The molecule has 1 amide bonds. The molecule has 0 spiro atoms. The van der Waals surface area contributed by atoms with Crippen molar-refractivity contribution >= 4 is 21.8 Å². The first-order chi connectivity index (χ1) is 8.28. The Labute approximate surface area is 117 Å². The lowest BCUT2D eigenvalue weighted by atomic mass is 10.1. The van der Waals surface area contributed by atoms with E-state index in [0.29, 0.717) is 13.1 Å². The molecule has 1 aromatic carbocycles. The average Bonchev–Trinajstić information content (AvgIpc) is 2.20. The second kappa shape index (κ2) is 6.34. The maximum Gasteiger partial charge on any atom is 0.234 e. The SMILES string of the molecule is Cc1ccc(CNCC(=O)NC(C)(C)C)cc1Br. The van der Waals surface area contributed by atoms with Crippen molar-refractivity contribution in [2.45, 2.75) is 39.8 Å². The minimum absolute atomic E-state index is 0.0219. The number of carbonyl (C=O) groups excluding carboxylic acids is 1. The van der Waals surface area contributed by atoms with Crippen LogP contribution in [0.3, 0.4) is 0 Å². The molecule has 0 aliphatic rings. The van der Waals surface area contributed by atoms with Crippen LogP contribution in [0.1, 0.15) is 31.9 Å². The van der Waals surface area contributed by atoms with E-state index in [-0.39, 0.29) is 11.4 Å². The molecule has 3 nitrogen and oxygen atoms in total. The lowest BCUT2D eigenvalue weighted by Gasteiger charge is -2.20. The van der Waals surface area contributed by atoms with Crippen LogP contribution < -0.4 is 10.6 Å². The molecule has 0 saturated heterocycles. The zero-order valence-electron chi connectivity index (χ0n) is 11.4. The molecule has 1 rings (SSSR count). The van der Waals surface area contributed by atoms with Gasteiger partial charge in [0.2, 0.25) is 5.91 Å². The Morgan fingerprint density at radius 2 is 2.00 bits per heavy atom. The fraction of sp³-hybridized carbons (Fsp3) is 0.500. The lowest BCUT2D eigenvalue weighted by Crippen LogP contribution is -2.44. The number of aryl methyl sites for hydroxylation is 1. The number of nitrogens with one attached hydrogen (secondary N) is 2. The van der Waals surface area contributed by atoms with E-state index >= 15 is 0 Å². The van der Waals surface area contributed by atoms with Crippen LogP contribution in [0.5, 0.6) is 0 Å². The third kappa shape index (κ3) is 5.65. The van der Waals surface area contributed by atoms with Gasteiger partial charge < -0.3 is 10.6 Å². The van der Waals surface area contributed by atoms with Gasteiger partial charge in [-0.1, -0.05) is 28.1 Å². The van der Waals surface area contributed by atoms with Gasteiger partial charge in [0.25, 0.3) is 0 Å². The summed E-state index contributed by atoms with van der Waals surface area (Å²) in [7, 11) is 0. The maximum absolute atomic E-state index is 11.6. The molecular formula is C14H21BrN2O. The zero-order chi connectivity index (χ0) is 13.8. The van der Waals surface area contributed by atoms with Gasteiger partial charge in [0.1, 0.15) is 0 Å². The predicted molar refractivity (Wildman–Crippen MR) is 78.5 cm³/mol. The summed E-state index contributed by atoms with van der Waals surface area (Å²) in [5.41, 5.74) is 2.20.